The van der Waals surface area contributed by atoms with Crippen LogP contribution in [0.3, 0.4) is 0 Å². The van der Waals surface area contributed by atoms with Crippen molar-refractivity contribution >= 4 is 33.0 Å². The highest BCUT2D eigenvalue weighted by Gasteiger charge is 2.27. The van der Waals surface area contributed by atoms with Gasteiger partial charge in [-0.25, -0.2) is 18.2 Å². The van der Waals surface area contributed by atoms with Gasteiger partial charge >= 0.3 is 5.97 Å². The number of carbonyl (C=O) groups is 1. The summed E-state index contributed by atoms with van der Waals surface area (Å²) in [5, 5.41) is 6.57. The first-order valence-electron chi connectivity index (χ1n) is 5.43. The van der Waals surface area contributed by atoms with Crippen LogP contribution in [0.1, 0.15) is 21.9 Å². The molecule has 10 heteroatoms. The van der Waals surface area contributed by atoms with Crippen LogP contribution in [0.5, 0.6) is 0 Å². The minimum Gasteiger partial charge on any atom is -0.464 e. The van der Waals surface area contributed by atoms with E-state index in [1.165, 1.54) is 5.51 Å². The first-order valence-corrected chi connectivity index (χ1v) is 7.79. The van der Waals surface area contributed by atoms with Crippen molar-refractivity contribution in [1.82, 2.24) is 15.2 Å². The van der Waals surface area contributed by atoms with Crippen molar-refractivity contribution in [1.29, 1.82) is 0 Å². The molecule has 2 aromatic rings. The van der Waals surface area contributed by atoms with Crippen LogP contribution < -0.4 is 4.72 Å². The third-order valence-electron chi connectivity index (χ3n) is 2.52. The van der Waals surface area contributed by atoms with Gasteiger partial charge in [0.25, 0.3) is 10.0 Å². The van der Waals surface area contributed by atoms with Crippen LogP contribution >= 0.6 is 11.3 Å². The van der Waals surface area contributed by atoms with Gasteiger partial charge in [-0.2, -0.15) is 5.10 Å². The van der Waals surface area contributed by atoms with Gasteiger partial charge in [0, 0.05) is 0 Å². The molecule has 0 aliphatic carbocycles. The highest BCUT2D eigenvalue weighted by Crippen LogP contribution is 2.26. The topological polar surface area (TPSA) is 114 Å². The van der Waals surface area contributed by atoms with E-state index in [0.717, 1.165) is 18.4 Å². The van der Waals surface area contributed by atoms with Gasteiger partial charge in [-0.15, -0.1) is 11.3 Å². The minimum atomic E-state index is -3.93. The maximum absolute atomic E-state index is 12.3. The number of ether oxygens (including phenoxy) is 1. The second-order valence-corrected chi connectivity index (χ2v) is 6.63. The number of aryl methyl sites for hydroxylation is 2. The van der Waals surface area contributed by atoms with Crippen LogP contribution in [0, 0.1) is 13.8 Å². The zero-order chi connectivity index (χ0) is 14.9. The van der Waals surface area contributed by atoms with E-state index in [0.29, 0.717) is 17.1 Å². The molecule has 0 spiro atoms. The standard InChI is InChI=1S/C10H12N4O4S2/c1-5-7(6(2)13-12-5)14-20(16,17)10-8(9(15)18-3)11-4-19-10/h4,14H,1-3H3,(H,12,13). The molecule has 2 aromatic heterocycles. The molecule has 0 unspecified atom stereocenters. The third kappa shape index (κ3) is 2.51. The monoisotopic (exact) mass is 316 g/mol. The number of sulfonamides is 1. The summed E-state index contributed by atoms with van der Waals surface area (Å²) in [4.78, 5) is 15.2. The van der Waals surface area contributed by atoms with Gasteiger partial charge < -0.3 is 4.74 Å². The van der Waals surface area contributed by atoms with Gasteiger partial charge in [-0.1, -0.05) is 0 Å². The normalized spacial score (nSPS) is 11.3. The molecular weight excluding hydrogens is 304 g/mol. The Bertz CT molecular complexity index is 728. The Balaban J connectivity index is 2.42. The van der Waals surface area contributed by atoms with E-state index in [4.69, 9.17) is 0 Å². The fourth-order valence-electron chi connectivity index (χ4n) is 1.54. The SMILES string of the molecule is COC(=O)c1ncsc1S(=O)(=O)Nc1c(C)n[nH]c1C. The predicted molar refractivity (Wildman–Crippen MR) is 72.3 cm³/mol. The van der Waals surface area contributed by atoms with E-state index >= 15 is 0 Å². The summed E-state index contributed by atoms with van der Waals surface area (Å²) in [6.07, 6.45) is 0. The smallest absolute Gasteiger partial charge is 0.358 e. The summed E-state index contributed by atoms with van der Waals surface area (Å²) in [5.74, 6) is -0.799. The van der Waals surface area contributed by atoms with E-state index < -0.39 is 16.0 Å². The molecule has 0 saturated carbocycles. The number of aromatic nitrogens is 3. The number of methoxy groups -OCH3 is 1. The maximum Gasteiger partial charge on any atom is 0.358 e. The highest BCUT2D eigenvalue weighted by atomic mass is 32.2. The molecule has 0 radical (unpaired) electrons. The second kappa shape index (κ2) is 5.21. The number of esters is 1. The maximum atomic E-state index is 12.3. The lowest BCUT2D eigenvalue weighted by Crippen LogP contribution is -2.16. The van der Waals surface area contributed by atoms with E-state index in [1.807, 2.05) is 0 Å². The molecule has 0 saturated heterocycles. The summed E-state index contributed by atoms with van der Waals surface area (Å²) in [6.45, 7) is 3.35. The van der Waals surface area contributed by atoms with Gasteiger partial charge in [-0.05, 0) is 13.8 Å². The fourth-order valence-corrected chi connectivity index (χ4v) is 3.86. The Morgan fingerprint density at radius 2 is 2.15 bits per heavy atom. The number of H-pyrrole nitrogens is 1. The zero-order valence-corrected chi connectivity index (χ0v) is 12.6. The second-order valence-electron chi connectivity index (χ2n) is 3.89. The van der Waals surface area contributed by atoms with Crippen molar-refractivity contribution in [3.63, 3.8) is 0 Å². The van der Waals surface area contributed by atoms with Crippen molar-refractivity contribution < 1.29 is 17.9 Å². The van der Waals surface area contributed by atoms with E-state index in [-0.39, 0.29) is 9.90 Å². The Hall–Kier alpha value is -1.94. The van der Waals surface area contributed by atoms with Crippen LogP contribution in [0.15, 0.2) is 9.72 Å². The van der Waals surface area contributed by atoms with Gasteiger partial charge in [0.2, 0.25) is 0 Å². The lowest BCUT2D eigenvalue weighted by atomic mass is 10.3. The highest BCUT2D eigenvalue weighted by molar-refractivity contribution is 7.94. The first kappa shape index (κ1) is 14.5. The van der Waals surface area contributed by atoms with Crippen molar-refractivity contribution in [2.75, 3.05) is 11.8 Å². The van der Waals surface area contributed by atoms with E-state index in [9.17, 15) is 13.2 Å². The van der Waals surface area contributed by atoms with Crippen LogP contribution in [0.2, 0.25) is 0 Å². The molecule has 2 heterocycles. The molecule has 0 atom stereocenters. The van der Waals surface area contributed by atoms with Crippen LogP contribution in [0.4, 0.5) is 5.69 Å². The molecule has 20 heavy (non-hydrogen) atoms. The summed E-state index contributed by atoms with van der Waals surface area (Å²) in [6, 6.07) is 0. The largest absolute Gasteiger partial charge is 0.464 e. The van der Waals surface area contributed by atoms with E-state index in [1.54, 1.807) is 13.8 Å². The number of anilines is 1. The fraction of sp³-hybridized carbons (Fsp3) is 0.300. The number of aromatic amines is 1. The lowest BCUT2D eigenvalue weighted by Gasteiger charge is -2.07. The molecule has 108 valence electrons. The van der Waals surface area contributed by atoms with Crippen LogP contribution in [-0.4, -0.2) is 36.7 Å². The van der Waals surface area contributed by atoms with Crippen molar-refractivity contribution in [3.8, 4) is 0 Å². The van der Waals surface area contributed by atoms with Crippen LogP contribution in [-0.2, 0) is 14.8 Å². The molecule has 0 fully saturated rings. The molecule has 0 amide bonds. The van der Waals surface area contributed by atoms with E-state index in [2.05, 4.69) is 24.6 Å². The average molecular weight is 316 g/mol. The first-order chi connectivity index (χ1) is 9.36. The number of hydrogen-bond donors (Lipinski definition) is 2. The Morgan fingerprint density at radius 1 is 1.45 bits per heavy atom. The molecule has 0 aliphatic heterocycles. The predicted octanol–water partition coefficient (Wildman–Crippen LogP) is 1.07. The number of rotatable bonds is 4. The third-order valence-corrected chi connectivity index (χ3v) is 5.24. The molecule has 0 bridgehead atoms. The zero-order valence-electron chi connectivity index (χ0n) is 10.9. The molecular formula is C10H12N4O4S2. The molecule has 8 nitrogen and oxygen atoms in total. The molecule has 2 N–H and O–H groups in total. The van der Waals surface area contributed by atoms with Crippen molar-refractivity contribution in [2.45, 2.75) is 18.1 Å². The van der Waals surface area contributed by atoms with Gasteiger partial charge in [0.05, 0.1) is 29.7 Å². The van der Waals surface area contributed by atoms with Crippen molar-refractivity contribution in [2.24, 2.45) is 0 Å². The summed E-state index contributed by atoms with van der Waals surface area (Å²) in [7, 11) is -2.76. The number of hydrogen-bond acceptors (Lipinski definition) is 7. The molecule has 0 aromatic carbocycles. The lowest BCUT2D eigenvalue weighted by molar-refractivity contribution is 0.0590. The minimum absolute atomic E-state index is 0.190. The van der Waals surface area contributed by atoms with Crippen LogP contribution in [0.25, 0.3) is 0 Å². The summed E-state index contributed by atoms with van der Waals surface area (Å²) >= 11 is 0.841. The molecule has 2 rings (SSSR count). The number of thiazole rings is 1. The van der Waals surface area contributed by atoms with Gasteiger partial charge in [0.1, 0.15) is 0 Å². The summed E-state index contributed by atoms with van der Waals surface area (Å²) < 4.78 is 31.3. The quantitative estimate of drug-likeness (QED) is 0.816. The Labute approximate surface area is 119 Å². The van der Waals surface area contributed by atoms with Crippen molar-refractivity contribution in [3.05, 3.63) is 22.6 Å². The summed E-state index contributed by atoms with van der Waals surface area (Å²) in [5.41, 5.74) is 2.49. The Kier molecular flexibility index (Phi) is 3.77. The number of nitrogens with zero attached hydrogens (tertiary/aromatic N) is 2. The average Bonchev–Trinajstić information content (AvgIpc) is 3.00. The number of nitrogens with one attached hydrogen (secondary N) is 2. The Morgan fingerprint density at radius 3 is 2.70 bits per heavy atom. The van der Waals surface area contributed by atoms with Gasteiger partial charge in [-0.3, -0.25) is 9.82 Å². The number of carbonyl (C=O) groups excluding carboxylic acids is 1. The molecule has 0 aliphatic rings. The van der Waals surface area contributed by atoms with Gasteiger partial charge in [0.15, 0.2) is 9.90 Å².